The zero-order valence-corrected chi connectivity index (χ0v) is 15.4. The van der Waals surface area contributed by atoms with E-state index >= 15 is 0 Å². The molecule has 3 aromatic carbocycles. The standard InChI is InChI=1S/C21H20IN/c1-17-6-5-9-21(16-17)23(19-7-3-2-4-8-19)20-12-10-18(11-13-20)14-15-22/h2-13,16H,14-15H2,1H3. The molecular weight excluding hydrogens is 393 g/mol. The average Bonchev–Trinajstić information content (AvgIpc) is 2.58. The van der Waals surface area contributed by atoms with Crippen LogP contribution in [0.1, 0.15) is 11.1 Å². The molecule has 0 aromatic heterocycles. The number of alkyl halides is 1. The van der Waals surface area contributed by atoms with Crippen molar-refractivity contribution in [2.45, 2.75) is 13.3 Å². The van der Waals surface area contributed by atoms with E-state index in [2.05, 4.69) is 113 Å². The van der Waals surface area contributed by atoms with Crippen molar-refractivity contribution in [3.63, 3.8) is 0 Å². The molecule has 0 aliphatic rings. The molecule has 0 heterocycles. The first-order valence-corrected chi connectivity index (χ1v) is 9.37. The van der Waals surface area contributed by atoms with Crippen LogP contribution in [-0.4, -0.2) is 4.43 Å². The lowest BCUT2D eigenvalue weighted by atomic mass is 10.1. The number of hydrogen-bond acceptors (Lipinski definition) is 1. The lowest BCUT2D eigenvalue weighted by molar-refractivity contribution is 1.17. The van der Waals surface area contributed by atoms with E-state index in [1.54, 1.807) is 0 Å². The lowest BCUT2D eigenvalue weighted by Crippen LogP contribution is -2.10. The van der Waals surface area contributed by atoms with Gasteiger partial charge in [0.1, 0.15) is 0 Å². The number of nitrogens with zero attached hydrogens (tertiary/aromatic N) is 1. The molecule has 3 rings (SSSR count). The van der Waals surface area contributed by atoms with E-state index in [1.807, 2.05) is 0 Å². The van der Waals surface area contributed by atoms with E-state index < -0.39 is 0 Å². The molecule has 3 aromatic rings. The molecule has 0 spiro atoms. The van der Waals surface area contributed by atoms with Gasteiger partial charge in [-0.25, -0.2) is 0 Å². The number of rotatable bonds is 5. The number of halogens is 1. The SMILES string of the molecule is Cc1cccc(N(c2ccccc2)c2ccc(CCI)cc2)c1. The lowest BCUT2D eigenvalue weighted by Gasteiger charge is -2.26. The maximum absolute atomic E-state index is 2.42. The van der Waals surface area contributed by atoms with Crippen LogP contribution < -0.4 is 4.90 Å². The second kappa shape index (κ2) is 7.64. The van der Waals surface area contributed by atoms with Gasteiger partial charge in [-0.15, -0.1) is 0 Å². The third kappa shape index (κ3) is 3.94. The average molecular weight is 413 g/mol. The molecule has 0 aliphatic heterocycles. The van der Waals surface area contributed by atoms with Gasteiger partial charge in [0.25, 0.3) is 0 Å². The van der Waals surface area contributed by atoms with Gasteiger partial charge in [0.15, 0.2) is 0 Å². The molecule has 0 bridgehead atoms. The Morgan fingerprint density at radius 2 is 1.39 bits per heavy atom. The summed E-state index contributed by atoms with van der Waals surface area (Å²) in [6, 6.07) is 28.1. The summed E-state index contributed by atoms with van der Waals surface area (Å²) in [4.78, 5) is 2.31. The van der Waals surface area contributed by atoms with E-state index in [1.165, 1.54) is 28.2 Å². The molecule has 0 unspecified atom stereocenters. The van der Waals surface area contributed by atoms with Crippen molar-refractivity contribution in [3.8, 4) is 0 Å². The smallest absolute Gasteiger partial charge is 0.0464 e. The van der Waals surface area contributed by atoms with Gasteiger partial charge in [-0.1, -0.05) is 65.1 Å². The van der Waals surface area contributed by atoms with E-state index in [0.717, 1.165) is 10.8 Å². The maximum Gasteiger partial charge on any atom is 0.0464 e. The molecule has 0 fully saturated rings. The summed E-state index contributed by atoms with van der Waals surface area (Å²) in [5.74, 6) is 0. The summed E-state index contributed by atoms with van der Waals surface area (Å²) in [7, 11) is 0. The highest BCUT2D eigenvalue weighted by atomic mass is 127. The summed E-state index contributed by atoms with van der Waals surface area (Å²) in [6.45, 7) is 2.14. The van der Waals surface area contributed by atoms with E-state index in [9.17, 15) is 0 Å². The highest BCUT2D eigenvalue weighted by Crippen LogP contribution is 2.34. The Bertz CT molecular complexity index is 750. The fraction of sp³-hybridized carbons (Fsp3) is 0.143. The first-order valence-electron chi connectivity index (χ1n) is 7.85. The highest BCUT2D eigenvalue weighted by molar-refractivity contribution is 14.1. The number of hydrogen-bond donors (Lipinski definition) is 0. The van der Waals surface area contributed by atoms with Crippen LogP contribution in [0.3, 0.4) is 0 Å². The molecule has 0 saturated heterocycles. The first-order chi connectivity index (χ1) is 11.3. The van der Waals surface area contributed by atoms with Crippen LogP contribution in [-0.2, 0) is 6.42 Å². The van der Waals surface area contributed by atoms with Crippen molar-refractivity contribution in [2.24, 2.45) is 0 Å². The van der Waals surface area contributed by atoms with Gasteiger partial charge in [-0.3, -0.25) is 0 Å². The number of para-hydroxylation sites is 1. The quantitative estimate of drug-likeness (QED) is 0.344. The van der Waals surface area contributed by atoms with Crippen LogP contribution in [0.15, 0.2) is 78.9 Å². The Balaban J connectivity index is 2.05. The Morgan fingerprint density at radius 3 is 2.04 bits per heavy atom. The zero-order chi connectivity index (χ0) is 16.1. The molecule has 23 heavy (non-hydrogen) atoms. The molecule has 0 radical (unpaired) electrons. The monoisotopic (exact) mass is 413 g/mol. The topological polar surface area (TPSA) is 3.24 Å². The Kier molecular flexibility index (Phi) is 5.34. The predicted molar refractivity (Wildman–Crippen MR) is 108 cm³/mol. The van der Waals surface area contributed by atoms with Crippen molar-refractivity contribution >= 4 is 39.7 Å². The highest BCUT2D eigenvalue weighted by Gasteiger charge is 2.11. The largest absolute Gasteiger partial charge is 0.310 e. The van der Waals surface area contributed by atoms with Crippen molar-refractivity contribution in [3.05, 3.63) is 90.0 Å². The second-order valence-corrected chi connectivity index (χ2v) is 6.69. The van der Waals surface area contributed by atoms with Gasteiger partial charge in [0.2, 0.25) is 0 Å². The normalized spacial score (nSPS) is 10.5. The molecule has 0 amide bonds. The molecule has 0 aliphatic carbocycles. The third-order valence-corrected chi connectivity index (χ3v) is 4.39. The zero-order valence-electron chi connectivity index (χ0n) is 13.2. The number of benzene rings is 3. The van der Waals surface area contributed by atoms with E-state index in [0.29, 0.717) is 0 Å². The fourth-order valence-corrected chi connectivity index (χ4v) is 3.33. The van der Waals surface area contributed by atoms with Crippen LogP contribution >= 0.6 is 22.6 Å². The summed E-state index contributed by atoms with van der Waals surface area (Å²) in [5.41, 5.74) is 6.22. The van der Waals surface area contributed by atoms with Crippen LogP contribution in [0.25, 0.3) is 0 Å². The first kappa shape index (κ1) is 16.1. The van der Waals surface area contributed by atoms with Crippen LogP contribution in [0.2, 0.25) is 0 Å². The minimum Gasteiger partial charge on any atom is -0.310 e. The van der Waals surface area contributed by atoms with Crippen molar-refractivity contribution in [2.75, 3.05) is 9.33 Å². The van der Waals surface area contributed by atoms with Gasteiger partial charge in [0, 0.05) is 21.5 Å². The minimum absolute atomic E-state index is 1.12. The number of aryl methyl sites for hydroxylation is 2. The Labute approximate surface area is 152 Å². The van der Waals surface area contributed by atoms with E-state index in [4.69, 9.17) is 0 Å². The summed E-state index contributed by atoms with van der Waals surface area (Å²) in [5, 5.41) is 0. The van der Waals surface area contributed by atoms with Crippen LogP contribution in [0, 0.1) is 6.92 Å². The van der Waals surface area contributed by atoms with Gasteiger partial charge in [-0.05, 0) is 60.9 Å². The van der Waals surface area contributed by atoms with Gasteiger partial charge in [-0.2, -0.15) is 0 Å². The van der Waals surface area contributed by atoms with Crippen LogP contribution in [0.4, 0.5) is 17.1 Å². The molecule has 0 saturated carbocycles. The van der Waals surface area contributed by atoms with Gasteiger partial charge < -0.3 is 4.90 Å². The maximum atomic E-state index is 2.42. The molecule has 116 valence electrons. The fourth-order valence-electron chi connectivity index (χ4n) is 2.71. The second-order valence-electron chi connectivity index (χ2n) is 5.62. The van der Waals surface area contributed by atoms with Gasteiger partial charge >= 0.3 is 0 Å². The predicted octanol–water partition coefficient (Wildman–Crippen LogP) is 6.44. The Hall–Kier alpha value is -1.81. The molecule has 2 heteroatoms. The summed E-state index contributed by atoms with van der Waals surface area (Å²) < 4.78 is 1.15. The van der Waals surface area contributed by atoms with Gasteiger partial charge in [0.05, 0.1) is 0 Å². The molecule has 1 nitrogen and oxygen atoms in total. The van der Waals surface area contributed by atoms with Crippen molar-refractivity contribution in [1.29, 1.82) is 0 Å². The third-order valence-electron chi connectivity index (χ3n) is 3.85. The molecule has 0 atom stereocenters. The summed E-state index contributed by atoms with van der Waals surface area (Å²) >= 11 is 2.42. The Morgan fingerprint density at radius 1 is 0.739 bits per heavy atom. The summed E-state index contributed by atoms with van der Waals surface area (Å²) in [6.07, 6.45) is 1.12. The number of anilines is 3. The molecular formula is C21H20IN. The van der Waals surface area contributed by atoms with Crippen molar-refractivity contribution in [1.82, 2.24) is 0 Å². The van der Waals surface area contributed by atoms with Crippen molar-refractivity contribution < 1.29 is 0 Å². The van der Waals surface area contributed by atoms with Crippen LogP contribution in [0.5, 0.6) is 0 Å². The molecule has 0 N–H and O–H groups in total. The van der Waals surface area contributed by atoms with E-state index in [-0.39, 0.29) is 0 Å². The minimum atomic E-state index is 1.12.